The monoisotopic (exact) mass is 284 g/mol. The zero-order chi connectivity index (χ0) is 11.4. The molecular weight excluding hydrogens is 272 g/mol. The van der Waals surface area contributed by atoms with Crippen LogP contribution >= 0.6 is 15.9 Å². The molecule has 1 N–H and O–H groups in total. The number of aromatic nitrogens is 1. The molecule has 1 aromatic rings. The topological polar surface area (TPSA) is 51.2 Å². The molecule has 0 radical (unpaired) electrons. The number of pyridine rings is 1. The van der Waals surface area contributed by atoms with Crippen LogP contribution in [0.5, 0.6) is 0 Å². The van der Waals surface area contributed by atoms with Gasteiger partial charge in [0.2, 0.25) is 5.91 Å². The number of hydrogen-bond acceptors (Lipinski definition) is 3. The number of carbonyl (C=O) groups excluding carboxylic acids is 1. The third-order valence-electron chi connectivity index (χ3n) is 2.59. The fourth-order valence-electron chi connectivity index (χ4n) is 1.66. The Bertz CT molecular complexity index is 378. The number of hydrogen-bond donors (Lipinski definition) is 1. The third kappa shape index (κ3) is 2.80. The van der Waals surface area contributed by atoms with E-state index in [1.54, 1.807) is 6.20 Å². The number of carbonyl (C=O) groups is 1. The largest absolute Gasteiger partial charge is 0.381 e. The summed E-state index contributed by atoms with van der Waals surface area (Å²) in [5, 5.41) is 2.83. The Morgan fingerprint density at radius 3 is 2.94 bits per heavy atom. The van der Waals surface area contributed by atoms with Gasteiger partial charge >= 0.3 is 0 Å². The number of ether oxygens (including phenoxy) is 1. The minimum absolute atomic E-state index is 0.0303. The molecule has 0 atom stereocenters. The average molecular weight is 285 g/mol. The first kappa shape index (κ1) is 11.5. The predicted molar refractivity (Wildman–Crippen MR) is 64.1 cm³/mol. The molecule has 2 heterocycles. The summed E-state index contributed by atoms with van der Waals surface area (Å²) in [5.74, 6) is 0.657. The van der Waals surface area contributed by atoms with Crippen LogP contribution < -0.4 is 5.32 Å². The maximum absolute atomic E-state index is 11.9. The Kier molecular flexibility index (Phi) is 3.90. The van der Waals surface area contributed by atoms with Crippen LogP contribution in [0, 0.1) is 5.92 Å². The van der Waals surface area contributed by atoms with Gasteiger partial charge in [0, 0.05) is 25.3 Å². The highest BCUT2D eigenvalue weighted by Crippen LogP contribution is 2.21. The van der Waals surface area contributed by atoms with E-state index in [2.05, 4.69) is 26.2 Å². The van der Waals surface area contributed by atoms with Gasteiger partial charge in [-0.3, -0.25) is 4.79 Å². The second-order valence-electron chi connectivity index (χ2n) is 3.71. The number of anilines is 1. The van der Waals surface area contributed by atoms with Crippen molar-refractivity contribution in [3.63, 3.8) is 0 Å². The molecule has 16 heavy (non-hydrogen) atoms. The standard InChI is InChI=1S/C11H13BrN2O2/c12-9-2-1-5-13-10(9)14-11(15)8-3-6-16-7-4-8/h1-2,5,8H,3-4,6-7H2,(H,13,14,15). The van der Waals surface area contributed by atoms with Gasteiger partial charge in [-0.25, -0.2) is 4.98 Å². The Hall–Kier alpha value is -0.940. The van der Waals surface area contributed by atoms with E-state index >= 15 is 0 Å². The lowest BCUT2D eigenvalue weighted by Gasteiger charge is -2.21. The van der Waals surface area contributed by atoms with Crippen LogP contribution in [0.3, 0.4) is 0 Å². The van der Waals surface area contributed by atoms with Crippen molar-refractivity contribution in [2.75, 3.05) is 18.5 Å². The summed E-state index contributed by atoms with van der Waals surface area (Å²) in [6.07, 6.45) is 3.23. The summed E-state index contributed by atoms with van der Waals surface area (Å²) in [6, 6.07) is 3.67. The second kappa shape index (κ2) is 5.41. The third-order valence-corrected chi connectivity index (χ3v) is 3.23. The zero-order valence-corrected chi connectivity index (χ0v) is 10.4. The summed E-state index contributed by atoms with van der Waals surface area (Å²) in [7, 11) is 0. The maximum Gasteiger partial charge on any atom is 0.228 e. The van der Waals surface area contributed by atoms with Crippen LogP contribution in [0.25, 0.3) is 0 Å². The minimum atomic E-state index is 0.0303. The second-order valence-corrected chi connectivity index (χ2v) is 4.56. The molecule has 4 nitrogen and oxygen atoms in total. The molecule has 1 aliphatic rings. The van der Waals surface area contributed by atoms with Crippen molar-refractivity contribution in [2.24, 2.45) is 5.92 Å². The molecule has 1 saturated heterocycles. The first-order valence-corrected chi connectivity index (χ1v) is 6.06. The van der Waals surface area contributed by atoms with Crippen molar-refractivity contribution in [1.29, 1.82) is 0 Å². The SMILES string of the molecule is O=C(Nc1ncccc1Br)C1CCOCC1. The Balaban J connectivity index is 1.99. The van der Waals surface area contributed by atoms with Gasteiger partial charge in [0.25, 0.3) is 0 Å². The molecule has 1 fully saturated rings. The van der Waals surface area contributed by atoms with Gasteiger partial charge in [0.05, 0.1) is 4.47 Å². The number of halogens is 1. The minimum Gasteiger partial charge on any atom is -0.381 e. The van der Waals surface area contributed by atoms with Gasteiger partial charge in [0.1, 0.15) is 5.82 Å². The van der Waals surface area contributed by atoms with Gasteiger partial charge < -0.3 is 10.1 Å². The molecule has 0 aliphatic carbocycles. The van der Waals surface area contributed by atoms with Crippen molar-refractivity contribution in [3.8, 4) is 0 Å². The Morgan fingerprint density at radius 2 is 2.25 bits per heavy atom. The van der Waals surface area contributed by atoms with E-state index in [1.165, 1.54) is 0 Å². The molecule has 2 rings (SSSR count). The van der Waals surface area contributed by atoms with Crippen molar-refractivity contribution < 1.29 is 9.53 Å². The van der Waals surface area contributed by atoms with E-state index in [9.17, 15) is 4.79 Å². The van der Waals surface area contributed by atoms with Crippen LogP contribution in [-0.4, -0.2) is 24.1 Å². The van der Waals surface area contributed by atoms with E-state index in [-0.39, 0.29) is 11.8 Å². The van der Waals surface area contributed by atoms with Crippen LogP contribution in [0.4, 0.5) is 5.82 Å². The highest BCUT2D eigenvalue weighted by atomic mass is 79.9. The highest BCUT2D eigenvalue weighted by Gasteiger charge is 2.22. The first-order valence-electron chi connectivity index (χ1n) is 5.26. The van der Waals surface area contributed by atoms with E-state index in [1.807, 2.05) is 12.1 Å². The van der Waals surface area contributed by atoms with E-state index < -0.39 is 0 Å². The lowest BCUT2D eigenvalue weighted by atomic mass is 9.99. The van der Waals surface area contributed by atoms with Crippen molar-refractivity contribution in [1.82, 2.24) is 4.98 Å². The van der Waals surface area contributed by atoms with E-state index in [4.69, 9.17) is 4.74 Å². The molecule has 1 amide bonds. The summed E-state index contributed by atoms with van der Waals surface area (Å²) >= 11 is 3.35. The summed E-state index contributed by atoms with van der Waals surface area (Å²) in [4.78, 5) is 16.0. The summed E-state index contributed by atoms with van der Waals surface area (Å²) < 4.78 is 6.02. The zero-order valence-electron chi connectivity index (χ0n) is 8.78. The van der Waals surface area contributed by atoms with E-state index in [0.717, 1.165) is 17.3 Å². The number of amides is 1. The summed E-state index contributed by atoms with van der Waals surface area (Å²) in [6.45, 7) is 1.34. The smallest absolute Gasteiger partial charge is 0.228 e. The quantitative estimate of drug-likeness (QED) is 0.906. The molecule has 0 aromatic carbocycles. The Labute approximate surface area is 103 Å². The van der Waals surface area contributed by atoms with Gasteiger partial charge in [0.15, 0.2) is 0 Å². The average Bonchev–Trinajstić information content (AvgIpc) is 2.33. The molecule has 0 unspecified atom stereocenters. The maximum atomic E-state index is 11.9. The molecule has 86 valence electrons. The number of nitrogens with one attached hydrogen (secondary N) is 1. The van der Waals surface area contributed by atoms with Crippen molar-refractivity contribution >= 4 is 27.7 Å². The van der Waals surface area contributed by atoms with Crippen LogP contribution in [-0.2, 0) is 9.53 Å². The molecular formula is C11H13BrN2O2. The van der Waals surface area contributed by atoms with E-state index in [0.29, 0.717) is 19.0 Å². The van der Waals surface area contributed by atoms with Crippen LogP contribution in [0.15, 0.2) is 22.8 Å². The first-order chi connectivity index (χ1) is 7.77. The lowest BCUT2D eigenvalue weighted by Crippen LogP contribution is -2.28. The van der Waals surface area contributed by atoms with Crippen molar-refractivity contribution in [3.05, 3.63) is 22.8 Å². The number of rotatable bonds is 2. The van der Waals surface area contributed by atoms with Gasteiger partial charge in [-0.05, 0) is 40.9 Å². The molecule has 0 bridgehead atoms. The van der Waals surface area contributed by atoms with Gasteiger partial charge in [-0.15, -0.1) is 0 Å². The molecule has 1 aliphatic heterocycles. The van der Waals surface area contributed by atoms with Crippen LogP contribution in [0.2, 0.25) is 0 Å². The molecule has 0 spiro atoms. The summed E-state index contributed by atoms with van der Waals surface area (Å²) in [5.41, 5.74) is 0. The Morgan fingerprint density at radius 1 is 1.50 bits per heavy atom. The predicted octanol–water partition coefficient (Wildman–Crippen LogP) is 2.21. The lowest BCUT2D eigenvalue weighted by molar-refractivity contribution is -0.122. The molecule has 5 heteroatoms. The highest BCUT2D eigenvalue weighted by molar-refractivity contribution is 9.10. The van der Waals surface area contributed by atoms with Gasteiger partial charge in [-0.1, -0.05) is 0 Å². The van der Waals surface area contributed by atoms with Crippen LogP contribution in [0.1, 0.15) is 12.8 Å². The molecule has 1 aromatic heterocycles. The fraction of sp³-hybridized carbons (Fsp3) is 0.455. The van der Waals surface area contributed by atoms with Gasteiger partial charge in [-0.2, -0.15) is 0 Å². The molecule has 0 saturated carbocycles. The van der Waals surface area contributed by atoms with Crippen molar-refractivity contribution in [2.45, 2.75) is 12.8 Å². The number of nitrogens with zero attached hydrogens (tertiary/aromatic N) is 1. The fourth-order valence-corrected chi connectivity index (χ4v) is 2.01. The normalized spacial score (nSPS) is 17.1.